The average molecular weight is 1240 g/mol. The minimum atomic E-state index is -2.11. The summed E-state index contributed by atoms with van der Waals surface area (Å²) in [4.78, 5) is 73.5. The minimum absolute atomic E-state index is 0. The van der Waals surface area contributed by atoms with Gasteiger partial charge in [0.25, 0.3) is 0 Å². The predicted molar refractivity (Wildman–Crippen MR) is 406 cm³/mol. The molecule has 3 aromatic rings. The number of hydrogen-bond donors (Lipinski definition) is 2. The highest BCUT2D eigenvalue weighted by molar-refractivity contribution is 6.13. The Hall–Kier alpha value is -7.10. The van der Waals surface area contributed by atoms with Gasteiger partial charge >= 0.3 is 35.8 Å². The Morgan fingerprint density at radius 3 is 1.79 bits per heavy atom. The maximum atomic E-state index is 14.4. The van der Waals surface area contributed by atoms with E-state index in [1.165, 1.54) is 40.8 Å². The van der Waals surface area contributed by atoms with Crippen LogP contribution in [0.25, 0.3) is 10.9 Å². The molecule has 0 aliphatic carbocycles. The van der Waals surface area contributed by atoms with E-state index in [0.717, 1.165) is 18.0 Å². The molecule has 0 saturated carbocycles. The van der Waals surface area contributed by atoms with Gasteiger partial charge in [0.05, 0.1) is 53.0 Å². The van der Waals surface area contributed by atoms with Crippen molar-refractivity contribution in [1.29, 1.82) is 5.26 Å². The van der Waals surface area contributed by atoms with Crippen LogP contribution in [-0.2, 0) is 33.3 Å². The van der Waals surface area contributed by atoms with Crippen molar-refractivity contribution in [2.24, 2.45) is 0 Å². The predicted octanol–water partition coefficient (Wildman–Crippen LogP) is 29.7. The third-order valence-electron chi connectivity index (χ3n) is 7.40. The number of aromatic nitrogens is 1. The molecule has 62 heavy (non-hydrogen) atoms. The van der Waals surface area contributed by atoms with Crippen molar-refractivity contribution < 1.29 is 336 Å². The van der Waals surface area contributed by atoms with Gasteiger partial charge in [0.1, 0.15) is 34.7 Å². The fraction of sp³-hybridized carbons (Fsp3) is 0.450. The largest absolute Gasteiger partial charge is 0.465 e. The Morgan fingerprint density at radius 1 is 0.887 bits per heavy atom. The normalized spacial score (nSPS) is 22.7. The fourth-order valence-electron chi connectivity index (χ4n) is 4.93. The molecule has 2 aromatic carbocycles. The van der Waals surface area contributed by atoms with E-state index in [1.807, 2.05) is 0 Å². The Labute approximate surface area is 630 Å². The van der Waals surface area contributed by atoms with Crippen molar-refractivity contribution in [3.8, 4) is 18.4 Å². The van der Waals surface area contributed by atoms with Crippen molar-refractivity contribution in [2.45, 2.75) is 85.9 Å². The van der Waals surface area contributed by atoms with E-state index < -0.39 is 86.4 Å². The Balaban J connectivity index is -0.0000000113. The molecule has 1 aromatic heterocycles. The molecule has 1 atom stereocenters. The van der Waals surface area contributed by atoms with Crippen LogP contribution in [0.5, 0.6) is 0 Å². The van der Waals surface area contributed by atoms with Gasteiger partial charge in [-0.1, -0.05) is 5.92 Å². The molecule has 0 saturated heterocycles. The number of terminal acetylenes is 1. The SMILES string of the molecule is C#CCC(=O)OCC.CCOC(=O)C(C#N)c1c(F)c(F)cc(N(C)C(=O)OC(C)(C)C)c1[N+](=O)[O-].CCOC(=O)c1c(N)[nH]c2c(N(C)C(=O)OC(C)(C)C)cc(F)c(F)c12.[2HH].[2H][2H].[2H][2H].[2H][2H].[2H][2H].[2H][2H].[2H][2H].[2H][2H].[2H][2H].[2H][2H].[2H][2H].[2H][2H].[2H][2H].[2H][2H].[2H][2H].[2H][2H].[2H][2H].[2H][2H].[2H][2H].[2H][2H].[2H][2H].[2H][2H].[2H][2H].[2H][2H].[2H][2H].[2H][2H].[2H][2H].[2H][2H].[2H][2H].[2H][2H].[2H][2H].[2H][2H].[2H][2H].[2H][2H].[2H][2H].[2H][2H].[2H][2H].[2H][2H].[2H][2H].[2H][2H].[2H][2H].[2H][2H].[2H][2H].[2H][2H].[2H][2H].[2H][2H].[2H][2H].[2H][2H].[2H][2H].[2H][2H].[2H][2H].[2H][2H].[2H][2H].[2H][2H].[2H][2H].[2H][2H].[2H][2H].[2H][2H].[2H][2H].[2H][2H].[2H][2H].[2H][2H].[2H][2H].[2H][2H].[2H][2H].[2H][2H].[2H][2H].[2H][2H].[2H][2H].[2H][2H].[2H][2H].[2H][2H].[2H][2H].[2H][2H].[2H][2H].[2H][2H].[2H][2H].[2H][2H].[2H][2H].[2H][2H].[2H][2H].[2H][2H].[2H][2H].[2H][2H].[2H][2H].[2H][2H].[2H][2H].[2H][2H].[2H][2H].[2H][2H]. The molecule has 1 heterocycles. The van der Waals surface area contributed by atoms with Crippen LogP contribution < -0.4 is 15.5 Å². The number of nitrogen functional groups attached to an aromatic ring is 1. The summed E-state index contributed by atoms with van der Waals surface area (Å²) in [5, 5.41) is 20.4. The van der Waals surface area contributed by atoms with Crippen molar-refractivity contribution in [3.63, 3.8) is 0 Å². The number of anilines is 3. The van der Waals surface area contributed by atoms with Crippen molar-refractivity contribution in [2.75, 3.05) is 49.4 Å². The van der Waals surface area contributed by atoms with Crippen LogP contribution in [0.15, 0.2) is 12.1 Å². The lowest BCUT2D eigenvalue weighted by atomic mass is 9.96. The van der Waals surface area contributed by atoms with E-state index >= 15 is 0 Å². The first-order valence-electron chi connectivity index (χ1n) is 107. The van der Waals surface area contributed by atoms with Crippen molar-refractivity contribution in [3.05, 3.63) is 56.6 Å². The van der Waals surface area contributed by atoms with Gasteiger partial charge in [0, 0.05) is 292 Å². The van der Waals surface area contributed by atoms with Crippen LogP contribution in [0.2, 0.25) is 0 Å². The number of benzene rings is 2. The molecule has 0 bridgehead atoms. The third kappa shape index (κ3) is 14.0. The summed E-state index contributed by atoms with van der Waals surface area (Å²) in [6, 6.07) is 2.62. The van der Waals surface area contributed by atoms with Gasteiger partial charge in [-0.15, -0.1) is 6.42 Å². The number of ether oxygens (including phenoxy) is 5. The zero-order valence-electron chi connectivity index (χ0n) is 214. The third-order valence-corrected chi connectivity index (χ3v) is 7.40. The van der Waals surface area contributed by atoms with Crippen LogP contribution in [0.4, 0.5) is 50.0 Å². The van der Waals surface area contributed by atoms with Gasteiger partial charge < -0.3 is 34.4 Å². The van der Waals surface area contributed by atoms with E-state index in [0.29, 0.717) is 17.6 Å². The summed E-state index contributed by atoms with van der Waals surface area (Å²) < 4.78 is 971. The number of rotatable bonds is 10. The summed E-state index contributed by atoms with van der Waals surface area (Å²) in [7, 11) is 2.38. The number of esters is 3. The maximum absolute atomic E-state index is 14.4. The first-order valence-corrected chi connectivity index (χ1v) is 18.3. The first kappa shape index (κ1) is 7.70. The maximum Gasteiger partial charge on any atom is 0.414 e. The second-order valence-electron chi connectivity index (χ2n) is 14.4. The molecule has 2 amide bonds. The molecule has 22 heteroatoms. The number of carbonyl (C=O) groups is 5. The molecule has 0 aliphatic heterocycles. The zero-order valence-corrected chi connectivity index (χ0v) is 35.9. The molecule has 3 rings (SSSR count). The standard InChI is InChI=1S/C17H19F2N3O6.C17H21F2N3O4.C6H8O2.90H2/c1-6-27-15(23)9(8-20)12-13(19)10(18)7-11(14(12)22(25)26)21(5)16(24)28-17(2,3)4;1-6-25-15(23)11-10-12(19)8(18)7-9(13(10)21-14(11)20)22(5)16(24)26-17(2,3)4;1-3-5-6(7)8-4-2;;;;;;;;;;;;;;;;;;;;;;;;;;;;;;;;;;;;;;;;;;;;;;;;;;;;;;;;;;;;;;;;;;;;;;;;;;;;;;;;;;;;;;;;;;/h7,9H,6H2,1-5H3;7,21H,6,20H2,1-5H3;1H,4-5H2,2H3;90*1H/i;;;89*1+1D;1+1. The smallest absolute Gasteiger partial charge is 0.414 e. The number of amides is 2. The lowest BCUT2D eigenvalue weighted by Crippen LogP contribution is -2.35. The number of nitriles is 1. The number of halogens is 4. The summed E-state index contributed by atoms with van der Waals surface area (Å²) >= 11 is 0. The van der Waals surface area contributed by atoms with E-state index in [9.17, 15) is 56.9 Å². The quantitative estimate of drug-likeness (QED) is 0.0479. The molecule has 0 radical (unpaired) electrons. The molecule has 518 valence electrons. The molecule has 0 aliphatic rings. The number of nitrogens with two attached hydrogens (primary N) is 1. The Kier molecular flexibility index (Phi) is 2.79. The van der Waals surface area contributed by atoms with Crippen LogP contribution in [0.3, 0.4) is 0 Å². The number of fused-ring (bicyclic) bond motifs is 1. The van der Waals surface area contributed by atoms with Crippen LogP contribution >= 0.6 is 0 Å². The monoisotopic (exact) mass is 1240 g/mol. The number of nitro groups is 1. The Bertz CT molecular complexity index is 2450. The highest BCUT2D eigenvalue weighted by Crippen LogP contribution is 2.40. The van der Waals surface area contributed by atoms with Gasteiger partial charge in [-0.05, 0) is 62.3 Å². The Morgan fingerprint density at radius 2 is 1.35 bits per heavy atom. The number of nitrogens with zero attached hydrogens (tertiary/aromatic N) is 4. The zero-order chi connectivity index (χ0) is 226. The summed E-state index contributed by atoms with van der Waals surface area (Å²) in [6.45, 7) is 14.6. The second kappa shape index (κ2) is 22.5. The lowest BCUT2D eigenvalue weighted by Gasteiger charge is -2.25. The molecular weight excluding hydrogens is 832 g/mol. The highest BCUT2D eigenvalue weighted by Gasteiger charge is 2.39. The number of hydrogen-bond acceptors (Lipinski definition) is 14. The van der Waals surface area contributed by atoms with E-state index in [1.54, 1.807) is 34.6 Å². The average Bonchev–Trinajstić information content (AvgIpc) is 1.61. The van der Waals surface area contributed by atoms with Crippen LogP contribution in [-0.4, -0.2) is 85.1 Å². The number of carbonyl (C=O) groups excluding carboxylic acids is 5. The molecule has 0 fully saturated rings. The number of aromatic amines is 1. The van der Waals surface area contributed by atoms with Crippen molar-refractivity contribution >= 4 is 63.9 Å². The second-order valence-corrected chi connectivity index (χ2v) is 14.4. The number of nitro benzene ring substituents is 1. The minimum Gasteiger partial charge on any atom is -0.465 e. The lowest BCUT2D eigenvalue weighted by molar-refractivity contribution is -0.385. The van der Waals surface area contributed by atoms with Crippen LogP contribution in [0, 0.1) is 57.1 Å². The summed E-state index contributed by atoms with van der Waals surface area (Å²) in [6.07, 6.45) is 3.02. The summed E-state index contributed by atoms with van der Waals surface area (Å²) in [5.74, 6) is -8.49. The molecule has 1 unspecified atom stereocenters. The number of nitrogens with one attached hydrogen (secondary N) is 1. The van der Waals surface area contributed by atoms with Crippen LogP contribution in [0.1, 0.15) is 356 Å². The summed E-state index contributed by atoms with van der Waals surface area (Å²) in [5.41, 5.74) is 0.717. The fourth-order valence-corrected chi connectivity index (χ4v) is 4.93. The highest BCUT2D eigenvalue weighted by atomic mass is 19.2. The first-order chi connectivity index (χ1) is 118. The van der Waals surface area contributed by atoms with Gasteiger partial charge in [-0.2, -0.15) is 5.26 Å². The number of H-pyrrole nitrogens is 1. The van der Waals surface area contributed by atoms with E-state index in [2.05, 4.69) is 20.4 Å². The van der Waals surface area contributed by atoms with E-state index in [4.69, 9.17) is 291 Å². The van der Waals surface area contributed by atoms with Gasteiger partial charge in [-0.25, -0.2) is 31.9 Å². The van der Waals surface area contributed by atoms with Gasteiger partial charge in [-0.3, -0.25) is 29.5 Å². The van der Waals surface area contributed by atoms with Crippen molar-refractivity contribution in [1.82, 2.24) is 4.98 Å². The molecule has 0 spiro atoms. The molecule has 3 N–H and O–H groups in total. The molecule has 18 nitrogen and oxygen atoms in total. The van der Waals surface area contributed by atoms with Gasteiger partial charge in [0.15, 0.2) is 29.2 Å². The van der Waals surface area contributed by atoms with E-state index in [-0.39, 0.29) is 55.0 Å². The topological polar surface area (TPSA) is 247 Å². The van der Waals surface area contributed by atoms with Gasteiger partial charge in [0.2, 0.25) is 0 Å². The molecular formula is C40H228F4N6O12.